The highest BCUT2D eigenvalue weighted by molar-refractivity contribution is 5.82. The van der Waals surface area contributed by atoms with Crippen LogP contribution in [0.25, 0.3) is 0 Å². The SMILES string of the molecule is CC(=O)OC(C)C(=O)NCc1ccc(C2OC(CN3CCN(c4ccc([N+](=O)[O-])cc4)CC3)C(C)C(c3ccc(CO)cc3)O2)cc1. The molecule has 3 aromatic carbocycles. The fraction of sp³-hybridized carbons (Fsp3) is 0.429. The third-order valence-electron chi connectivity index (χ3n) is 8.79. The van der Waals surface area contributed by atoms with Crippen molar-refractivity contribution >= 4 is 23.3 Å². The number of anilines is 1. The lowest BCUT2D eigenvalue weighted by Gasteiger charge is -2.44. The van der Waals surface area contributed by atoms with E-state index < -0.39 is 18.4 Å². The number of aliphatic hydroxyl groups is 1. The first-order valence-corrected chi connectivity index (χ1v) is 15.9. The van der Waals surface area contributed by atoms with Crippen LogP contribution < -0.4 is 10.2 Å². The molecule has 5 atom stereocenters. The van der Waals surface area contributed by atoms with E-state index in [0.29, 0.717) is 6.54 Å². The standard InChI is InChI=1S/C35H42N4O8/c1-23-32(21-37-16-18-38(19-17-37)30-12-14-31(15-13-30)39(43)44)46-35(47-33(23)28-8-6-27(22-40)7-9-28)29-10-4-26(5-11-29)20-36-34(42)24(2)45-25(3)41/h4-15,23-24,32-33,35,40H,16-22H2,1-3H3,(H,36,42). The molecule has 5 unspecified atom stereocenters. The minimum atomic E-state index is -0.872. The first-order chi connectivity index (χ1) is 22.6. The van der Waals surface area contributed by atoms with E-state index >= 15 is 0 Å². The lowest BCUT2D eigenvalue weighted by molar-refractivity contribution is -0.384. The van der Waals surface area contributed by atoms with Crippen LogP contribution in [0.15, 0.2) is 72.8 Å². The van der Waals surface area contributed by atoms with Crippen LogP contribution in [-0.2, 0) is 37.0 Å². The van der Waals surface area contributed by atoms with Gasteiger partial charge < -0.3 is 29.5 Å². The Morgan fingerprint density at radius 1 is 0.957 bits per heavy atom. The fourth-order valence-electron chi connectivity index (χ4n) is 5.98. The molecular weight excluding hydrogens is 604 g/mol. The number of nitrogens with one attached hydrogen (secondary N) is 1. The van der Waals surface area contributed by atoms with Gasteiger partial charge in [0.1, 0.15) is 0 Å². The van der Waals surface area contributed by atoms with Crippen LogP contribution in [0.5, 0.6) is 0 Å². The summed E-state index contributed by atoms with van der Waals surface area (Å²) in [5.41, 5.74) is 4.62. The number of nitro benzene ring substituents is 1. The number of benzene rings is 3. The largest absolute Gasteiger partial charge is 0.453 e. The van der Waals surface area contributed by atoms with Crippen molar-refractivity contribution in [2.75, 3.05) is 37.6 Å². The average molecular weight is 647 g/mol. The molecular formula is C35H42N4O8. The second-order valence-corrected chi connectivity index (χ2v) is 12.1. The molecule has 2 saturated heterocycles. The van der Waals surface area contributed by atoms with Crippen molar-refractivity contribution in [1.82, 2.24) is 10.2 Å². The van der Waals surface area contributed by atoms with Crippen LogP contribution in [0.3, 0.4) is 0 Å². The Bertz CT molecular complexity index is 1510. The highest BCUT2D eigenvalue weighted by Gasteiger charge is 2.39. The highest BCUT2D eigenvalue weighted by atomic mass is 16.7. The van der Waals surface area contributed by atoms with E-state index in [9.17, 15) is 24.8 Å². The van der Waals surface area contributed by atoms with E-state index in [1.807, 2.05) is 48.5 Å². The summed E-state index contributed by atoms with van der Waals surface area (Å²) in [6, 6.07) is 22.2. The third-order valence-corrected chi connectivity index (χ3v) is 8.79. The molecule has 2 heterocycles. The van der Waals surface area contributed by atoms with Crippen molar-refractivity contribution < 1.29 is 33.8 Å². The van der Waals surface area contributed by atoms with Crippen molar-refractivity contribution in [2.24, 2.45) is 5.92 Å². The molecule has 0 spiro atoms. The number of carbonyl (C=O) groups is 2. The summed E-state index contributed by atoms with van der Waals surface area (Å²) < 4.78 is 18.2. The summed E-state index contributed by atoms with van der Waals surface area (Å²) in [5, 5.41) is 23.4. The van der Waals surface area contributed by atoms with Crippen LogP contribution in [0.1, 0.15) is 55.4 Å². The van der Waals surface area contributed by atoms with Crippen molar-refractivity contribution in [2.45, 2.75) is 58.5 Å². The number of hydrogen-bond donors (Lipinski definition) is 2. The number of piperazine rings is 1. The van der Waals surface area contributed by atoms with Crippen LogP contribution in [-0.4, -0.2) is 71.7 Å². The molecule has 0 radical (unpaired) electrons. The van der Waals surface area contributed by atoms with Crippen molar-refractivity contribution in [3.05, 3.63) is 105 Å². The van der Waals surface area contributed by atoms with Gasteiger partial charge in [0.25, 0.3) is 11.6 Å². The van der Waals surface area contributed by atoms with Crippen molar-refractivity contribution in [3.8, 4) is 0 Å². The molecule has 12 nitrogen and oxygen atoms in total. The summed E-state index contributed by atoms with van der Waals surface area (Å²) >= 11 is 0. The number of esters is 1. The van der Waals surface area contributed by atoms with Gasteiger partial charge in [-0.05, 0) is 35.7 Å². The quantitative estimate of drug-likeness (QED) is 0.176. The minimum absolute atomic E-state index is 0.0307. The van der Waals surface area contributed by atoms with Crippen LogP contribution in [0.4, 0.5) is 11.4 Å². The predicted molar refractivity (Wildman–Crippen MR) is 174 cm³/mol. The van der Waals surface area contributed by atoms with E-state index in [-0.39, 0.29) is 47.8 Å². The zero-order chi connectivity index (χ0) is 33.5. The summed E-state index contributed by atoms with van der Waals surface area (Å²) in [5.74, 6) is -0.847. The number of aliphatic hydroxyl groups excluding tert-OH is 1. The average Bonchev–Trinajstić information content (AvgIpc) is 3.08. The molecule has 5 rings (SSSR count). The van der Waals surface area contributed by atoms with E-state index in [1.165, 1.54) is 13.8 Å². The van der Waals surface area contributed by atoms with Gasteiger partial charge in [-0.3, -0.25) is 24.6 Å². The fourth-order valence-corrected chi connectivity index (χ4v) is 5.98. The number of non-ortho nitro benzene ring substituents is 1. The Kier molecular flexibility index (Phi) is 11.2. The molecule has 1 amide bonds. The molecule has 2 N–H and O–H groups in total. The second-order valence-electron chi connectivity index (χ2n) is 12.1. The van der Waals surface area contributed by atoms with Crippen LogP contribution >= 0.6 is 0 Å². The van der Waals surface area contributed by atoms with Crippen LogP contribution in [0.2, 0.25) is 0 Å². The van der Waals surface area contributed by atoms with Gasteiger partial charge >= 0.3 is 5.97 Å². The molecule has 0 saturated carbocycles. The highest BCUT2D eigenvalue weighted by Crippen LogP contribution is 2.42. The van der Waals surface area contributed by atoms with Gasteiger partial charge in [-0.2, -0.15) is 0 Å². The molecule has 0 aromatic heterocycles. The Morgan fingerprint density at radius 3 is 2.17 bits per heavy atom. The molecule has 250 valence electrons. The Morgan fingerprint density at radius 2 is 1.57 bits per heavy atom. The molecule has 12 heteroatoms. The first-order valence-electron chi connectivity index (χ1n) is 15.9. The van der Waals surface area contributed by atoms with Crippen molar-refractivity contribution in [3.63, 3.8) is 0 Å². The number of carbonyl (C=O) groups excluding carboxylic acids is 2. The zero-order valence-electron chi connectivity index (χ0n) is 26.9. The van der Waals surface area contributed by atoms with E-state index in [0.717, 1.165) is 54.1 Å². The lowest BCUT2D eigenvalue weighted by Crippen LogP contribution is -2.51. The molecule has 3 aromatic rings. The second kappa shape index (κ2) is 15.5. The zero-order valence-corrected chi connectivity index (χ0v) is 26.9. The summed E-state index contributed by atoms with van der Waals surface area (Å²) in [7, 11) is 0. The Labute approximate surface area is 274 Å². The maximum absolute atomic E-state index is 12.3. The van der Waals surface area contributed by atoms with Gasteiger partial charge in [0, 0.05) is 75.5 Å². The summed E-state index contributed by atoms with van der Waals surface area (Å²) in [6.07, 6.45) is -1.87. The molecule has 0 aliphatic carbocycles. The molecule has 2 fully saturated rings. The Balaban J connectivity index is 1.25. The number of amides is 1. The number of rotatable bonds is 11. The van der Waals surface area contributed by atoms with E-state index in [2.05, 4.69) is 22.0 Å². The minimum Gasteiger partial charge on any atom is -0.453 e. The van der Waals surface area contributed by atoms with Gasteiger partial charge in [0.15, 0.2) is 12.4 Å². The van der Waals surface area contributed by atoms with Crippen molar-refractivity contribution in [1.29, 1.82) is 0 Å². The number of hydrogen-bond acceptors (Lipinski definition) is 10. The molecule has 2 aliphatic heterocycles. The van der Waals surface area contributed by atoms with E-state index in [4.69, 9.17) is 14.2 Å². The molecule has 0 bridgehead atoms. The normalized spacial score (nSPS) is 22.3. The maximum atomic E-state index is 12.3. The summed E-state index contributed by atoms with van der Waals surface area (Å²) in [4.78, 5) is 38.7. The molecule has 2 aliphatic rings. The Hall–Kier alpha value is -4.36. The molecule has 47 heavy (non-hydrogen) atoms. The first kappa shape index (κ1) is 34.0. The van der Waals surface area contributed by atoms with E-state index in [1.54, 1.807) is 24.3 Å². The predicted octanol–water partition coefficient (Wildman–Crippen LogP) is 4.27. The van der Waals surface area contributed by atoms with Gasteiger partial charge in [-0.1, -0.05) is 55.5 Å². The van der Waals surface area contributed by atoms with Gasteiger partial charge in [0.05, 0.1) is 23.7 Å². The number of nitro groups is 1. The third kappa shape index (κ3) is 8.72. The van der Waals surface area contributed by atoms with Gasteiger partial charge in [0.2, 0.25) is 0 Å². The topological polar surface area (TPSA) is 144 Å². The van der Waals surface area contributed by atoms with Gasteiger partial charge in [-0.25, -0.2) is 0 Å². The monoisotopic (exact) mass is 646 g/mol. The maximum Gasteiger partial charge on any atom is 0.303 e. The van der Waals surface area contributed by atoms with Crippen LogP contribution in [0, 0.1) is 16.0 Å². The number of ether oxygens (including phenoxy) is 3. The number of nitrogens with zero attached hydrogens (tertiary/aromatic N) is 3. The summed E-state index contributed by atoms with van der Waals surface area (Å²) in [6.45, 7) is 9.13. The van der Waals surface area contributed by atoms with Gasteiger partial charge in [-0.15, -0.1) is 0 Å². The lowest BCUT2D eigenvalue weighted by atomic mass is 9.90. The smallest absolute Gasteiger partial charge is 0.303 e.